The van der Waals surface area contributed by atoms with Gasteiger partial charge in [0.25, 0.3) is 15.9 Å². The maximum atomic E-state index is 13.0. The lowest BCUT2D eigenvalue weighted by Crippen LogP contribution is -2.35. The van der Waals surface area contributed by atoms with Crippen LogP contribution in [0.1, 0.15) is 42.5 Å². The van der Waals surface area contributed by atoms with Crippen LogP contribution < -0.4 is 10.0 Å². The number of carbonyl (C=O) groups excluding carboxylic acids is 2. The highest BCUT2D eigenvalue weighted by Crippen LogP contribution is 2.18. The lowest BCUT2D eigenvalue weighted by Gasteiger charge is -2.20. The predicted octanol–water partition coefficient (Wildman–Crippen LogP) is 3.15. The third kappa shape index (κ3) is 6.52. The summed E-state index contributed by atoms with van der Waals surface area (Å²) in [6, 6.07) is 10.5. The van der Waals surface area contributed by atoms with Gasteiger partial charge in [0.15, 0.2) is 0 Å². The highest BCUT2D eigenvalue weighted by molar-refractivity contribution is 7.92. The number of nitrogens with one attached hydrogen (secondary N) is 2. The summed E-state index contributed by atoms with van der Waals surface area (Å²) in [6.45, 7) is 1.69. The molecule has 2 aromatic carbocycles. The van der Waals surface area contributed by atoms with Crippen molar-refractivity contribution in [2.24, 2.45) is 0 Å². The molecule has 1 saturated heterocycles. The van der Waals surface area contributed by atoms with Gasteiger partial charge < -0.3 is 10.2 Å². The molecule has 9 heteroatoms. The highest BCUT2D eigenvalue weighted by atomic mass is 32.2. The van der Waals surface area contributed by atoms with Gasteiger partial charge >= 0.3 is 0 Å². The van der Waals surface area contributed by atoms with Gasteiger partial charge in [0.05, 0.1) is 4.90 Å². The zero-order chi connectivity index (χ0) is 22.3. The van der Waals surface area contributed by atoms with E-state index in [0.717, 1.165) is 50.9 Å². The van der Waals surface area contributed by atoms with Gasteiger partial charge in [-0.15, -0.1) is 0 Å². The number of hydrogen-bond acceptors (Lipinski definition) is 4. The second-order valence-electron chi connectivity index (χ2n) is 7.44. The molecule has 166 valence electrons. The maximum absolute atomic E-state index is 13.0. The molecule has 2 N–H and O–H groups in total. The lowest BCUT2D eigenvalue weighted by molar-refractivity contribution is -0.131. The standard InChI is InChI=1S/C22H26FN3O4S/c23-18-8-10-19(11-9-18)25-31(29,30)20-7-5-6-17(16-20)22(28)24-13-12-21(27)26-14-3-1-2-4-15-26/h5-11,16,25H,1-4,12-15H2,(H,24,28). The van der Waals surface area contributed by atoms with E-state index in [1.54, 1.807) is 0 Å². The number of anilines is 1. The molecule has 0 atom stereocenters. The number of nitrogens with zero attached hydrogens (tertiary/aromatic N) is 1. The molecule has 0 bridgehead atoms. The van der Waals surface area contributed by atoms with Gasteiger partial charge in [0.2, 0.25) is 5.91 Å². The first-order chi connectivity index (χ1) is 14.8. The van der Waals surface area contributed by atoms with Crippen LogP contribution in [0.2, 0.25) is 0 Å². The van der Waals surface area contributed by atoms with Crippen molar-refractivity contribution in [3.05, 3.63) is 59.9 Å². The van der Waals surface area contributed by atoms with Crippen molar-refractivity contribution in [1.29, 1.82) is 0 Å². The first kappa shape index (κ1) is 22.7. The third-order valence-corrected chi connectivity index (χ3v) is 6.47. The molecule has 31 heavy (non-hydrogen) atoms. The molecule has 1 fully saturated rings. The van der Waals surface area contributed by atoms with Gasteiger partial charge in [-0.1, -0.05) is 18.9 Å². The fourth-order valence-corrected chi connectivity index (χ4v) is 4.50. The van der Waals surface area contributed by atoms with E-state index in [9.17, 15) is 22.4 Å². The lowest BCUT2D eigenvalue weighted by atomic mass is 10.2. The van der Waals surface area contributed by atoms with Crippen molar-refractivity contribution in [1.82, 2.24) is 10.2 Å². The Bertz CT molecular complexity index is 1020. The maximum Gasteiger partial charge on any atom is 0.261 e. The van der Waals surface area contributed by atoms with E-state index < -0.39 is 21.7 Å². The molecule has 0 radical (unpaired) electrons. The molecule has 3 rings (SSSR count). The molecule has 0 aliphatic carbocycles. The summed E-state index contributed by atoms with van der Waals surface area (Å²) in [5.41, 5.74) is 0.382. The topological polar surface area (TPSA) is 95.6 Å². The van der Waals surface area contributed by atoms with E-state index in [-0.39, 0.29) is 35.0 Å². The van der Waals surface area contributed by atoms with Crippen molar-refractivity contribution >= 4 is 27.5 Å². The minimum atomic E-state index is -3.95. The Hall–Kier alpha value is -2.94. The number of rotatable bonds is 7. The quantitative estimate of drug-likeness (QED) is 0.682. The molecule has 0 saturated carbocycles. The number of hydrogen-bond donors (Lipinski definition) is 2. The zero-order valence-electron chi connectivity index (χ0n) is 17.1. The summed E-state index contributed by atoms with van der Waals surface area (Å²) in [7, 11) is -3.95. The van der Waals surface area contributed by atoms with E-state index >= 15 is 0 Å². The van der Waals surface area contributed by atoms with Crippen molar-refractivity contribution in [2.45, 2.75) is 37.0 Å². The zero-order valence-corrected chi connectivity index (χ0v) is 18.0. The van der Waals surface area contributed by atoms with Crippen LogP contribution >= 0.6 is 0 Å². The van der Waals surface area contributed by atoms with Crippen LogP contribution in [0.15, 0.2) is 53.4 Å². The number of halogens is 1. The summed E-state index contributed by atoms with van der Waals surface area (Å²) < 4.78 is 40.5. The second kappa shape index (κ2) is 10.4. The normalized spacial score (nSPS) is 14.5. The van der Waals surface area contributed by atoms with Crippen LogP contribution in [0.3, 0.4) is 0 Å². The minimum Gasteiger partial charge on any atom is -0.352 e. The molecular weight excluding hydrogens is 421 g/mol. The molecule has 7 nitrogen and oxygen atoms in total. The molecular formula is C22H26FN3O4S. The monoisotopic (exact) mass is 447 g/mol. The summed E-state index contributed by atoms with van der Waals surface area (Å²) in [5, 5.41) is 2.68. The third-order valence-electron chi connectivity index (χ3n) is 5.09. The molecule has 1 aliphatic heterocycles. The Morgan fingerprint density at radius 1 is 0.968 bits per heavy atom. The van der Waals surface area contributed by atoms with Crippen LogP contribution in [0.25, 0.3) is 0 Å². The van der Waals surface area contributed by atoms with Crippen LogP contribution in [0.4, 0.5) is 10.1 Å². The van der Waals surface area contributed by atoms with Gasteiger partial charge in [-0.25, -0.2) is 12.8 Å². The number of amides is 2. The average Bonchev–Trinajstić information content (AvgIpc) is 3.05. The number of carbonyl (C=O) groups is 2. The summed E-state index contributed by atoms with van der Waals surface area (Å²) in [5.74, 6) is -0.916. The molecule has 0 unspecified atom stereocenters. The summed E-state index contributed by atoms with van der Waals surface area (Å²) >= 11 is 0. The first-order valence-electron chi connectivity index (χ1n) is 10.3. The predicted molar refractivity (Wildman–Crippen MR) is 116 cm³/mol. The van der Waals surface area contributed by atoms with E-state index in [2.05, 4.69) is 10.0 Å². The van der Waals surface area contributed by atoms with Crippen molar-refractivity contribution in [3.8, 4) is 0 Å². The van der Waals surface area contributed by atoms with E-state index in [0.29, 0.717) is 0 Å². The average molecular weight is 448 g/mol. The molecule has 0 aromatic heterocycles. The Morgan fingerprint density at radius 2 is 1.65 bits per heavy atom. The Labute approximate surface area is 181 Å². The summed E-state index contributed by atoms with van der Waals surface area (Å²) in [6.07, 6.45) is 4.48. The van der Waals surface area contributed by atoms with Gasteiger partial charge in [0.1, 0.15) is 5.82 Å². The van der Waals surface area contributed by atoms with E-state index in [1.165, 1.54) is 36.4 Å². The Balaban J connectivity index is 1.57. The SMILES string of the molecule is O=C(NCCC(=O)N1CCCCCC1)c1cccc(S(=O)(=O)Nc2ccc(F)cc2)c1. The van der Waals surface area contributed by atoms with Crippen LogP contribution in [0.5, 0.6) is 0 Å². The van der Waals surface area contributed by atoms with Gasteiger partial charge in [-0.05, 0) is 55.3 Å². The fraction of sp³-hybridized carbons (Fsp3) is 0.364. The Kier molecular flexibility index (Phi) is 7.62. The van der Waals surface area contributed by atoms with Crippen molar-refractivity contribution in [3.63, 3.8) is 0 Å². The van der Waals surface area contributed by atoms with Crippen LogP contribution in [-0.2, 0) is 14.8 Å². The van der Waals surface area contributed by atoms with Gasteiger partial charge in [-0.3, -0.25) is 14.3 Å². The number of sulfonamides is 1. The fourth-order valence-electron chi connectivity index (χ4n) is 3.40. The van der Waals surface area contributed by atoms with Gasteiger partial charge in [0, 0.05) is 37.3 Å². The molecule has 1 aliphatic rings. The van der Waals surface area contributed by atoms with Crippen molar-refractivity contribution in [2.75, 3.05) is 24.4 Å². The van der Waals surface area contributed by atoms with E-state index in [4.69, 9.17) is 0 Å². The van der Waals surface area contributed by atoms with Gasteiger partial charge in [-0.2, -0.15) is 0 Å². The second-order valence-corrected chi connectivity index (χ2v) is 9.12. The van der Waals surface area contributed by atoms with Crippen LogP contribution in [-0.4, -0.2) is 44.8 Å². The number of likely N-dealkylation sites (tertiary alicyclic amines) is 1. The largest absolute Gasteiger partial charge is 0.352 e. The van der Waals surface area contributed by atoms with Crippen LogP contribution in [0, 0.1) is 5.82 Å². The molecule has 1 heterocycles. The smallest absolute Gasteiger partial charge is 0.261 e. The highest BCUT2D eigenvalue weighted by Gasteiger charge is 2.18. The van der Waals surface area contributed by atoms with E-state index in [1.807, 2.05) is 4.90 Å². The minimum absolute atomic E-state index is 0.0158. The number of benzene rings is 2. The molecule has 2 amide bonds. The van der Waals surface area contributed by atoms with Crippen molar-refractivity contribution < 1.29 is 22.4 Å². The molecule has 0 spiro atoms. The summed E-state index contributed by atoms with van der Waals surface area (Å²) in [4.78, 5) is 26.5. The molecule has 2 aromatic rings. The Morgan fingerprint density at radius 3 is 2.32 bits per heavy atom. The first-order valence-corrected chi connectivity index (χ1v) is 11.8.